The minimum atomic E-state index is -0.268. The van der Waals surface area contributed by atoms with Crippen molar-refractivity contribution in [3.63, 3.8) is 0 Å². The number of fused-ring (bicyclic) bond motifs is 1. The zero-order valence-electron chi connectivity index (χ0n) is 11.4. The highest BCUT2D eigenvalue weighted by atomic mass is 16.2. The van der Waals surface area contributed by atoms with Gasteiger partial charge in [-0.05, 0) is 31.4 Å². The molecule has 1 aromatic rings. The smallest absolute Gasteiger partial charge is 0.245 e. The maximum absolute atomic E-state index is 12.6. The number of nitrogens with zero attached hydrogens (tertiary/aromatic N) is 4. The van der Waals surface area contributed by atoms with Gasteiger partial charge in [0.05, 0.1) is 12.2 Å². The van der Waals surface area contributed by atoms with Crippen LogP contribution in [0.25, 0.3) is 0 Å². The van der Waals surface area contributed by atoms with Crippen LogP contribution in [-0.4, -0.2) is 50.9 Å². The van der Waals surface area contributed by atoms with Crippen LogP contribution in [-0.2, 0) is 16.1 Å². The van der Waals surface area contributed by atoms with Crippen molar-refractivity contribution in [3.05, 3.63) is 24.0 Å². The molecule has 1 unspecified atom stereocenters. The predicted octanol–water partition coefficient (Wildman–Crippen LogP) is 0.590. The molecule has 2 aliphatic heterocycles. The third kappa shape index (κ3) is 2.50. The maximum Gasteiger partial charge on any atom is 0.245 e. The van der Waals surface area contributed by atoms with Gasteiger partial charge < -0.3 is 9.80 Å². The topological polar surface area (TPSA) is 66.4 Å². The van der Waals surface area contributed by atoms with Crippen molar-refractivity contribution in [2.45, 2.75) is 38.3 Å². The Morgan fingerprint density at radius 3 is 2.95 bits per heavy atom. The van der Waals surface area contributed by atoms with Crippen LogP contribution in [0.4, 0.5) is 0 Å². The number of piperidine rings is 1. The van der Waals surface area contributed by atoms with Crippen molar-refractivity contribution < 1.29 is 9.59 Å². The van der Waals surface area contributed by atoms with Gasteiger partial charge >= 0.3 is 0 Å². The summed E-state index contributed by atoms with van der Waals surface area (Å²) < 4.78 is 0. The van der Waals surface area contributed by atoms with Crippen molar-refractivity contribution in [1.29, 1.82) is 0 Å². The molecule has 0 spiro atoms. The largest absolute Gasteiger partial charge is 0.334 e. The van der Waals surface area contributed by atoms with Crippen molar-refractivity contribution in [2.75, 3.05) is 13.1 Å². The molecule has 0 aromatic carbocycles. The second-order valence-corrected chi connectivity index (χ2v) is 5.32. The number of carbonyl (C=O) groups excluding carboxylic acids is 2. The molecule has 6 heteroatoms. The van der Waals surface area contributed by atoms with Crippen LogP contribution in [0.1, 0.15) is 31.4 Å². The summed E-state index contributed by atoms with van der Waals surface area (Å²) in [5, 5.41) is 7.85. The van der Waals surface area contributed by atoms with E-state index in [0.717, 1.165) is 25.0 Å². The van der Waals surface area contributed by atoms with Crippen molar-refractivity contribution in [2.24, 2.45) is 0 Å². The molecule has 3 heterocycles. The van der Waals surface area contributed by atoms with Crippen molar-refractivity contribution >= 4 is 11.8 Å². The first-order valence-electron chi connectivity index (χ1n) is 7.10. The molecular weight excluding hydrogens is 256 g/mol. The molecule has 0 bridgehead atoms. The highest BCUT2D eigenvalue weighted by molar-refractivity contribution is 5.90. The summed E-state index contributed by atoms with van der Waals surface area (Å²) in [4.78, 5) is 28.2. The third-order valence-corrected chi connectivity index (χ3v) is 4.00. The van der Waals surface area contributed by atoms with Gasteiger partial charge in [0.1, 0.15) is 6.04 Å². The molecule has 2 saturated heterocycles. The van der Waals surface area contributed by atoms with E-state index in [0.29, 0.717) is 26.1 Å². The Balaban J connectivity index is 1.78. The van der Waals surface area contributed by atoms with Crippen LogP contribution in [0.2, 0.25) is 0 Å². The average Bonchev–Trinajstić information content (AvgIpc) is 2.61. The summed E-state index contributed by atoms with van der Waals surface area (Å²) in [6.07, 6.45) is 4.81. The van der Waals surface area contributed by atoms with E-state index in [1.54, 1.807) is 16.0 Å². The van der Waals surface area contributed by atoms with E-state index in [1.807, 2.05) is 12.1 Å². The van der Waals surface area contributed by atoms with E-state index < -0.39 is 0 Å². The van der Waals surface area contributed by atoms with E-state index in [1.165, 1.54) is 0 Å². The van der Waals surface area contributed by atoms with Gasteiger partial charge in [-0.15, -0.1) is 0 Å². The lowest BCUT2D eigenvalue weighted by molar-refractivity contribution is -0.143. The standard InChI is InChI=1S/C14H18N4O2/c19-13-6-9-17(10-11-4-3-7-15-16-11)14(20)12-5-1-2-8-18(12)13/h3-4,7,12H,1-2,5-6,8-10H2. The Labute approximate surface area is 117 Å². The molecule has 0 saturated carbocycles. The zero-order valence-corrected chi connectivity index (χ0v) is 11.4. The van der Waals surface area contributed by atoms with Gasteiger partial charge in [0.2, 0.25) is 11.8 Å². The van der Waals surface area contributed by atoms with Crippen molar-refractivity contribution in [1.82, 2.24) is 20.0 Å². The molecule has 3 rings (SSSR count). The molecule has 2 aliphatic rings. The minimum Gasteiger partial charge on any atom is -0.334 e. The van der Waals surface area contributed by atoms with Gasteiger partial charge in [0, 0.05) is 25.7 Å². The summed E-state index contributed by atoms with van der Waals surface area (Å²) >= 11 is 0. The maximum atomic E-state index is 12.6. The van der Waals surface area contributed by atoms with Gasteiger partial charge in [0.15, 0.2) is 0 Å². The normalized spacial score (nSPS) is 23.5. The lowest BCUT2D eigenvalue weighted by atomic mass is 10.0. The molecule has 2 amide bonds. The highest BCUT2D eigenvalue weighted by Crippen LogP contribution is 2.23. The first-order chi connectivity index (χ1) is 9.75. The molecule has 20 heavy (non-hydrogen) atoms. The molecule has 2 fully saturated rings. The summed E-state index contributed by atoms with van der Waals surface area (Å²) in [5.41, 5.74) is 0.762. The number of rotatable bonds is 2. The summed E-state index contributed by atoms with van der Waals surface area (Å²) in [7, 11) is 0. The fourth-order valence-corrected chi connectivity index (χ4v) is 2.95. The molecule has 0 N–H and O–H groups in total. The number of hydrogen-bond donors (Lipinski definition) is 0. The second-order valence-electron chi connectivity index (χ2n) is 5.32. The first kappa shape index (κ1) is 13.0. The Morgan fingerprint density at radius 1 is 1.25 bits per heavy atom. The molecule has 6 nitrogen and oxygen atoms in total. The van der Waals surface area contributed by atoms with E-state index in [9.17, 15) is 9.59 Å². The van der Waals surface area contributed by atoms with Crippen molar-refractivity contribution in [3.8, 4) is 0 Å². The molecule has 0 aliphatic carbocycles. The second kappa shape index (κ2) is 5.56. The SMILES string of the molecule is O=C1C2CCCCN2C(=O)CCN1Cc1cccnn1. The number of aromatic nitrogens is 2. The zero-order chi connectivity index (χ0) is 13.9. The average molecular weight is 274 g/mol. The number of hydrogen-bond acceptors (Lipinski definition) is 4. The lowest BCUT2D eigenvalue weighted by Crippen LogP contribution is -2.49. The molecule has 0 radical (unpaired) electrons. The Bertz CT molecular complexity index is 505. The van der Waals surface area contributed by atoms with E-state index in [4.69, 9.17) is 0 Å². The molecule has 1 aromatic heterocycles. The Kier molecular flexibility index (Phi) is 3.62. The number of amides is 2. The van der Waals surface area contributed by atoms with Crippen LogP contribution in [0.15, 0.2) is 18.3 Å². The fourth-order valence-electron chi connectivity index (χ4n) is 2.95. The van der Waals surface area contributed by atoms with E-state index in [-0.39, 0.29) is 17.9 Å². The van der Waals surface area contributed by atoms with Crippen LogP contribution in [0.3, 0.4) is 0 Å². The first-order valence-corrected chi connectivity index (χ1v) is 7.10. The van der Waals surface area contributed by atoms with E-state index >= 15 is 0 Å². The van der Waals surface area contributed by atoms with Gasteiger partial charge in [-0.2, -0.15) is 10.2 Å². The minimum absolute atomic E-state index is 0.0567. The summed E-state index contributed by atoms with van der Waals surface area (Å²) in [6.45, 7) is 1.62. The van der Waals surface area contributed by atoms with Gasteiger partial charge in [-0.1, -0.05) is 0 Å². The molecule has 106 valence electrons. The number of carbonyl (C=O) groups is 2. The fraction of sp³-hybridized carbons (Fsp3) is 0.571. The third-order valence-electron chi connectivity index (χ3n) is 4.00. The Morgan fingerprint density at radius 2 is 2.15 bits per heavy atom. The lowest BCUT2D eigenvalue weighted by Gasteiger charge is -2.34. The molecular formula is C14H18N4O2. The summed E-state index contributed by atoms with van der Waals surface area (Å²) in [5.74, 6) is 0.158. The predicted molar refractivity (Wildman–Crippen MR) is 71.4 cm³/mol. The van der Waals surface area contributed by atoms with Crippen LogP contribution in [0, 0.1) is 0 Å². The van der Waals surface area contributed by atoms with Crippen LogP contribution in [0.5, 0.6) is 0 Å². The summed E-state index contributed by atoms with van der Waals surface area (Å²) in [6, 6.07) is 3.39. The van der Waals surface area contributed by atoms with Crippen LogP contribution < -0.4 is 0 Å². The van der Waals surface area contributed by atoms with Gasteiger partial charge in [-0.25, -0.2) is 0 Å². The van der Waals surface area contributed by atoms with Gasteiger partial charge in [-0.3, -0.25) is 9.59 Å². The molecule has 1 atom stereocenters. The van der Waals surface area contributed by atoms with E-state index in [2.05, 4.69) is 10.2 Å². The van der Waals surface area contributed by atoms with Gasteiger partial charge in [0.25, 0.3) is 0 Å². The quantitative estimate of drug-likeness (QED) is 0.791. The van der Waals surface area contributed by atoms with Crippen LogP contribution >= 0.6 is 0 Å². The highest BCUT2D eigenvalue weighted by Gasteiger charge is 2.37. The monoisotopic (exact) mass is 274 g/mol. The Hall–Kier alpha value is -1.98.